The number of methoxy groups -OCH3 is 1. The van der Waals surface area contributed by atoms with Crippen molar-refractivity contribution in [1.82, 2.24) is 4.98 Å². The van der Waals surface area contributed by atoms with Gasteiger partial charge in [0.2, 0.25) is 0 Å². The molecule has 0 amide bonds. The van der Waals surface area contributed by atoms with Crippen LogP contribution in [0.5, 0.6) is 0 Å². The average molecular weight is 384 g/mol. The number of Topliss-reactive ketones (excluding diaryl/α,β-unsaturated/α-hetero) is 1. The van der Waals surface area contributed by atoms with Crippen LogP contribution in [0.1, 0.15) is 25.1 Å². The van der Waals surface area contributed by atoms with Crippen LogP contribution in [0.2, 0.25) is 0 Å². The summed E-state index contributed by atoms with van der Waals surface area (Å²) in [5, 5.41) is 9.07. The summed E-state index contributed by atoms with van der Waals surface area (Å²) >= 11 is 3.01. The predicted octanol–water partition coefficient (Wildman–Crippen LogP) is 3.62. The number of ether oxygens (including phenoxy) is 1. The molecule has 0 bridgehead atoms. The average Bonchev–Trinajstić information content (AvgIpc) is 2.38. The molecule has 1 heterocycles. The number of carbonyl (C=O) groups excluding carboxylic acids is 1. The van der Waals surface area contributed by atoms with Crippen LogP contribution in [0.3, 0.4) is 0 Å². The number of aliphatic hydroxyl groups excluding tert-OH is 1. The standard InChI is InChI=1S/C7H11BrO3.C7H6F3N/c1-4(9)6(8)7(11-3)5(2)10;1-5-4-6(2-3-11-5)7(8,9)10/h5,10H,1-3H3;2-4H,1H3/b7-6-;. The zero-order chi connectivity index (χ0) is 17.5. The van der Waals surface area contributed by atoms with Crippen molar-refractivity contribution in [3.05, 3.63) is 39.8 Å². The van der Waals surface area contributed by atoms with E-state index in [1.54, 1.807) is 0 Å². The van der Waals surface area contributed by atoms with Crippen molar-refractivity contribution in [2.45, 2.75) is 33.1 Å². The third-order valence-electron chi connectivity index (χ3n) is 2.35. The molecule has 0 aromatic carbocycles. The van der Waals surface area contributed by atoms with E-state index in [1.807, 2.05) is 0 Å². The van der Waals surface area contributed by atoms with E-state index >= 15 is 0 Å². The number of alkyl halides is 3. The summed E-state index contributed by atoms with van der Waals surface area (Å²) in [5.74, 6) is 0.0975. The van der Waals surface area contributed by atoms with Gasteiger partial charge < -0.3 is 9.84 Å². The first-order valence-corrected chi connectivity index (χ1v) is 6.92. The number of pyridine rings is 1. The van der Waals surface area contributed by atoms with Gasteiger partial charge in [-0.1, -0.05) is 0 Å². The minimum absolute atomic E-state index is 0.164. The molecular weight excluding hydrogens is 367 g/mol. The Morgan fingerprint density at radius 3 is 2.23 bits per heavy atom. The van der Waals surface area contributed by atoms with Crippen LogP contribution in [-0.2, 0) is 15.7 Å². The third kappa shape index (κ3) is 7.04. The molecule has 1 aromatic rings. The van der Waals surface area contributed by atoms with Gasteiger partial charge in [0.1, 0.15) is 16.3 Å². The zero-order valence-electron chi connectivity index (χ0n) is 12.5. The molecule has 0 saturated heterocycles. The lowest BCUT2D eigenvalue weighted by Gasteiger charge is -2.09. The van der Waals surface area contributed by atoms with Crippen molar-refractivity contribution in [2.75, 3.05) is 7.11 Å². The molecule has 0 fully saturated rings. The number of allylic oxidation sites excluding steroid dienone is 1. The Labute approximate surface area is 135 Å². The summed E-state index contributed by atoms with van der Waals surface area (Å²) in [6, 6.07) is 1.97. The fraction of sp³-hybridized carbons (Fsp3) is 0.429. The number of ketones is 1. The molecule has 0 radical (unpaired) electrons. The van der Waals surface area contributed by atoms with Gasteiger partial charge in [-0.3, -0.25) is 9.78 Å². The molecule has 4 nitrogen and oxygen atoms in total. The maximum Gasteiger partial charge on any atom is 0.416 e. The molecule has 124 valence electrons. The van der Waals surface area contributed by atoms with Crippen molar-refractivity contribution in [3.8, 4) is 0 Å². The van der Waals surface area contributed by atoms with E-state index in [-0.39, 0.29) is 16.0 Å². The van der Waals surface area contributed by atoms with Gasteiger partial charge in [0.05, 0.1) is 12.7 Å². The van der Waals surface area contributed by atoms with Gasteiger partial charge in [0, 0.05) is 11.9 Å². The molecule has 0 saturated carbocycles. The van der Waals surface area contributed by atoms with Crippen molar-refractivity contribution in [1.29, 1.82) is 0 Å². The normalized spacial score (nSPS) is 13.5. The number of rotatable bonds is 3. The summed E-state index contributed by atoms with van der Waals surface area (Å²) in [6.45, 7) is 4.45. The molecule has 1 rings (SSSR count). The number of hydrogen-bond donors (Lipinski definition) is 1. The lowest BCUT2D eigenvalue weighted by molar-refractivity contribution is -0.137. The number of aryl methyl sites for hydroxylation is 1. The lowest BCUT2D eigenvalue weighted by atomic mass is 10.2. The highest BCUT2D eigenvalue weighted by atomic mass is 79.9. The number of hydrogen-bond acceptors (Lipinski definition) is 4. The van der Waals surface area contributed by atoms with E-state index in [1.165, 1.54) is 27.9 Å². The molecule has 1 aromatic heterocycles. The Morgan fingerprint density at radius 2 is 2.00 bits per heavy atom. The van der Waals surface area contributed by atoms with Crippen molar-refractivity contribution < 1.29 is 27.8 Å². The Kier molecular flexibility index (Phi) is 8.32. The maximum absolute atomic E-state index is 11.9. The van der Waals surface area contributed by atoms with Gasteiger partial charge in [-0.2, -0.15) is 13.2 Å². The van der Waals surface area contributed by atoms with E-state index < -0.39 is 17.8 Å². The molecule has 1 N–H and O–H groups in total. The van der Waals surface area contributed by atoms with Crippen LogP contribution in [0, 0.1) is 6.92 Å². The second kappa shape index (κ2) is 8.89. The Hall–Kier alpha value is -1.41. The minimum Gasteiger partial charge on any atom is -0.497 e. The Morgan fingerprint density at radius 1 is 1.45 bits per heavy atom. The summed E-state index contributed by atoms with van der Waals surface area (Å²) in [6.07, 6.45) is -3.87. The predicted molar refractivity (Wildman–Crippen MR) is 79.3 cm³/mol. The van der Waals surface area contributed by atoms with Crippen LogP contribution in [-0.4, -0.2) is 29.1 Å². The van der Waals surface area contributed by atoms with Crippen LogP contribution < -0.4 is 0 Å². The second-order valence-electron chi connectivity index (χ2n) is 4.30. The van der Waals surface area contributed by atoms with Crippen molar-refractivity contribution in [2.24, 2.45) is 0 Å². The van der Waals surface area contributed by atoms with E-state index in [0.29, 0.717) is 5.69 Å². The second-order valence-corrected chi connectivity index (χ2v) is 5.09. The first kappa shape index (κ1) is 20.6. The van der Waals surface area contributed by atoms with Crippen LogP contribution >= 0.6 is 15.9 Å². The molecule has 8 heteroatoms. The number of aliphatic hydroxyl groups is 1. The Balaban J connectivity index is 0.000000401. The summed E-state index contributed by atoms with van der Waals surface area (Å²) in [4.78, 5) is 14.4. The zero-order valence-corrected chi connectivity index (χ0v) is 14.1. The molecule has 0 aliphatic rings. The van der Waals surface area contributed by atoms with Gasteiger partial charge in [0.15, 0.2) is 5.78 Å². The number of aromatic nitrogens is 1. The van der Waals surface area contributed by atoms with Crippen LogP contribution in [0.25, 0.3) is 0 Å². The fourth-order valence-electron chi connectivity index (χ4n) is 1.34. The highest BCUT2D eigenvalue weighted by Crippen LogP contribution is 2.28. The van der Waals surface area contributed by atoms with Crippen molar-refractivity contribution >= 4 is 21.7 Å². The molecular formula is C14H17BrF3NO3. The minimum atomic E-state index is -4.26. The molecule has 0 spiro atoms. The largest absolute Gasteiger partial charge is 0.497 e. The molecule has 22 heavy (non-hydrogen) atoms. The van der Waals surface area contributed by atoms with Gasteiger partial charge >= 0.3 is 6.18 Å². The van der Waals surface area contributed by atoms with Gasteiger partial charge in [-0.15, -0.1) is 0 Å². The first-order valence-electron chi connectivity index (χ1n) is 6.13. The molecule has 0 aliphatic carbocycles. The van der Waals surface area contributed by atoms with E-state index in [9.17, 15) is 18.0 Å². The monoisotopic (exact) mass is 383 g/mol. The molecule has 1 atom stereocenters. The summed E-state index contributed by atoms with van der Waals surface area (Å²) in [7, 11) is 1.41. The highest BCUT2D eigenvalue weighted by molar-refractivity contribution is 9.12. The summed E-state index contributed by atoms with van der Waals surface area (Å²) in [5.41, 5.74) is -0.273. The van der Waals surface area contributed by atoms with Crippen LogP contribution in [0.4, 0.5) is 13.2 Å². The third-order valence-corrected chi connectivity index (χ3v) is 3.30. The number of halogens is 4. The quantitative estimate of drug-likeness (QED) is 0.639. The van der Waals surface area contributed by atoms with E-state index in [2.05, 4.69) is 20.9 Å². The fourth-order valence-corrected chi connectivity index (χ4v) is 1.83. The first-order chi connectivity index (χ1) is 10.0. The van der Waals surface area contributed by atoms with Crippen molar-refractivity contribution in [3.63, 3.8) is 0 Å². The summed E-state index contributed by atoms with van der Waals surface area (Å²) < 4.78 is 40.9. The Bertz CT molecular complexity index is 542. The highest BCUT2D eigenvalue weighted by Gasteiger charge is 2.30. The van der Waals surface area contributed by atoms with E-state index in [0.717, 1.165) is 18.3 Å². The topological polar surface area (TPSA) is 59.4 Å². The van der Waals surface area contributed by atoms with Gasteiger partial charge in [-0.25, -0.2) is 0 Å². The molecule has 0 aliphatic heterocycles. The maximum atomic E-state index is 11.9. The van der Waals surface area contributed by atoms with Crippen LogP contribution in [0.15, 0.2) is 28.6 Å². The number of nitrogens with zero attached hydrogens (tertiary/aromatic N) is 1. The molecule has 1 unspecified atom stereocenters. The van der Waals surface area contributed by atoms with E-state index in [4.69, 9.17) is 9.84 Å². The number of carbonyl (C=O) groups is 1. The smallest absolute Gasteiger partial charge is 0.416 e. The SMILES string of the molecule is CO/C(=C(\Br)C(C)=O)C(C)O.Cc1cc(C(F)(F)F)ccn1. The van der Waals surface area contributed by atoms with Gasteiger partial charge in [0.25, 0.3) is 0 Å². The lowest BCUT2D eigenvalue weighted by Crippen LogP contribution is -2.10. The van der Waals surface area contributed by atoms with Gasteiger partial charge in [-0.05, 0) is 48.8 Å².